The number of primary amides is 1. The van der Waals surface area contributed by atoms with Crippen molar-refractivity contribution >= 4 is 48.1 Å². The summed E-state index contributed by atoms with van der Waals surface area (Å²) in [6.07, 6.45) is 3.40. The second-order valence-electron chi connectivity index (χ2n) is 11.3. The zero-order valence-corrected chi connectivity index (χ0v) is 26.1. The number of aromatic nitrogens is 2. The highest BCUT2D eigenvalue weighted by atomic mass is 32.1. The van der Waals surface area contributed by atoms with Crippen LogP contribution in [0.3, 0.4) is 0 Å². The molecule has 5 atom stereocenters. The third-order valence-electron chi connectivity index (χ3n) is 6.45. The molecule has 18 heteroatoms. The van der Waals surface area contributed by atoms with Gasteiger partial charge in [0.15, 0.2) is 0 Å². The number of carboxylic acid groups (broad SMARTS) is 1. The number of amides is 5. The van der Waals surface area contributed by atoms with Gasteiger partial charge in [-0.25, -0.2) is 9.78 Å². The Balaban J connectivity index is 3.14. The van der Waals surface area contributed by atoms with Gasteiger partial charge in [0.2, 0.25) is 29.5 Å². The van der Waals surface area contributed by atoms with Gasteiger partial charge >= 0.3 is 5.97 Å². The number of hydrogen-bond donors (Lipinski definition) is 10. The molecule has 248 valence electrons. The highest BCUT2D eigenvalue weighted by Crippen LogP contribution is 2.08. The second-order valence-corrected chi connectivity index (χ2v) is 11.7. The Labute approximate surface area is 261 Å². The molecule has 44 heavy (non-hydrogen) atoms. The molecule has 1 rings (SSSR count). The number of unbranched alkanes of at least 4 members (excludes halogenated alkanes) is 1. The highest BCUT2D eigenvalue weighted by molar-refractivity contribution is 7.80. The van der Waals surface area contributed by atoms with Crippen molar-refractivity contribution in [2.24, 2.45) is 11.5 Å². The number of imidazole rings is 1. The lowest BCUT2D eigenvalue weighted by Crippen LogP contribution is -2.59. The van der Waals surface area contributed by atoms with Gasteiger partial charge in [-0.3, -0.25) is 24.0 Å². The minimum absolute atomic E-state index is 0.0118. The lowest BCUT2D eigenvalue weighted by atomic mass is 10.0. The summed E-state index contributed by atoms with van der Waals surface area (Å²) in [5.41, 5.74) is 11.3. The first-order valence-corrected chi connectivity index (χ1v) is 14.7. The van der Waals surface area contributed by atoms with Crippen LogP contribution in [-0.4, -0.2) is 130 Å². The minimum atomic E-state index is -1.43. The molecule has 0 unspecified atom stereocenters. The summed E-state index contributed by atoms with van der Waals surface area (Å²) < 4.78 is 0.658. The average Bonchev–Trinajstić information content (AvgIpc) is 3.46. The van der Waals surface area contributed by atoms with E-state index in [1.165, 1.54) is 12.5 Å². The molecule has 0 saturated carbocycles. The van der Waals surface area contributed by atoms with Crippen molar-refractivity contribution in [2.75, 3.05) is 40.0 Å². The van der Waals surface area contributed by atoms with Crippen LogP contribution in [0.15, 0.2) is 12.5 Å². The number of H-pyrrole nitrogens is 1. The summed E-state index contributed by atoms with van der Waals surface area (Å²) >= 11 is 3.94. The highest BCUT2D eigenvalue weighted by Gasteiger charge is 2.32. The van der Waals surface area contributed by atoms with Gasteiger partial charge in [0.1, 0.15) is 24.2 Å². The van der Waals surface area contributed by atoms with Crippen LogP contribution in [0.5, 0.6) is 0 Å². The van der Waals surface area contributed by atoms with Crippen LogP contribution < -0.4 is 32.7 Å². The second kappa shape index (κ2) is 18.8. The van der Waals surface area contributed by atoms with Crippen LogP contribution in [0.4, 0.5) is 0 Å². The first-order valence-electron chi connectivity index (χ1n) is 14.1. The molecule has 0 saturated heterocycles. The normalized spacial score (nSPS) is 14.8. The summed E-state index contributed by atoms with van der Waals surface area (Å²) in [6, 6.07) is -6.47. The number of carbonyl (C=O) groups is 6. The molecular weight excluding hydrogens is 598 g/mol. The van der Waals surface area contributed by atoms with Crippen molar-refractivity contribution in [1.82, 2.24) is 31.2 Å². The fourth-order valence-corrected chi connectivity index (χ4v) is 4.11. The first-order chi connectivity index (χ1) is 20.6. The zero-order chi connectivity index (χ0) is 33.4. The van der Waals surface area contributed by atoms with Gasteiger partial charge in [-0.2, -0.15) is 12.6 Å². The molecule has 1 aromatic heterocycles. The molecule has 0 bridgehead atoms. The fraction of sp³-hybridized carbons (Fsp3) is 0.654. The van der Waals surface area contributed by atoms with Gasteiger partial charge < -0.3 is 52.4 Å². The van der Waals surface area contributed by atoms with E-state index in [2.05, 4.69) is 43.9 Å². The lowest BCUT2D eigenvalue weighted by Gasteiger charge is -2.27. The van der Waals surface area contributed by atoms with Gasteiger partial charge in [-0.1, -0.05) is 0 Å². The van der Waals surface area contributed by atoms with E-state index in [0.717, 1.165) is 6.54 Å². The number of nitrogens with zero attached hydrogens (tertiary/aromatic N) is 2. The van der Waals surface area contributed by atoms with E-state index in [9.17, 15) is 39.0 Å². The first kappa shape index (κ1) is 38.3. The Morgan fingerprint density at radius 2 is 1.45 bits per heavy atom. The minimum Gasteiger partial charge on any atom is -0.480 e. The lowest BCUT2D eigenvalue weighted by molar-refractivity contribution is -0.870. The zero-order valence-electron chi connectivity index (χ0n) is 25.2. The summed E-state index contributed by atoms with van der Waals surface area (Å²) in [7, 11) is 5.98. The molecule has 1 aromatic rings. The molecular formula is C26H46N9O8S+. The van der Waals surface area contributed by atoms with E-state index in [0.29, 0.717) is 23.0 Å². The third-order valence-corrected chi connectivity index (χ3v) is 6.84. The van der Waals surface area contributed by atoms with E-state index in [4.69, 9.17) is 11.5 Å². The van der Waals surface area contributed by atoms with E-state index < -0.39 is 72.3 Å². The number of aromatic amines is 1. The number of carbonyl (C=O) groups excluding carboxylic acids is 5. The van der Waals surface area contributed by atoms with Crippen LogP contribution in [0.25, 0.3) is 0 Å². The van der Waals surface area contributed by atoms with Gasteiger partial charge in [-0.15, -0.1) is 0 Å². The summed E-state index contributed by atoms with van der Waals surface area (Å²) in [5, 5.41) is 29.0. The number of nitrogens with one attached hydrogen (secondary N) is 5. The monoisotopic (exact) mass is 644 g/mol. The summed E-state index contributed by atoms with van der Waals surface area (Å²) in [5.74, 6) is -5.41. The Hall–Kier alpha value is -3.74. The maximum absolute atomic E-state index is 13.5. The van der Waals surface area contributed by atoms with Crippen LogP contribution in [0.1, 0.15) is 37.8 Å². The molecule has 5 amide bonds. The number of rotatable bonds is 21. The molecule has 0 radical (unpaired) electrons. The average molecular weight is 645 g/mol. The maximum Gasteiger partial charge on any atom is 0.326 e. The van der Waals surface area contributed by atoms with Crippen LogP contribution in [-0.2, 0) is 35.2 Å². The quantitative estimate of drug-likeness (QED) is 0.0356. The van der Waals surface area contributed by atoms with E-state index in [1.807, 2.05) is 21.1 Å². The van der Waals surface area contributed by atoms with E-state index in [-0.39, 0.29) is 31.4 Å². The number of quaternary nitrogens is 1. The molecule has 0 spiro atoms. The smallest absolute Gasteiger partial charge is 0.326 e. The van der Waals surface area contributed by atoms with E-state index >= 15 is 0 Å². The standard InChI is InChI=1S/C26H45N9O8S/c1-35(2,3)9-5-4-6-17(31-25(41)20(12-36)34-22(38)16(27)13-44)23(39)32-18(7-8-21(28)37)24(40)33-19(26(42)43)10-15-11-29-14-30-15/h11,14,16-20,36H,4-10,12-13,27H2,1-3H3,(H8-,28,29,30,31,32,33,34,37,38,39,40,41,42,43,44)/p+1/t16-,17-,18-,19-,20-/m0/s1. The molecule has 1 heterocycles. The van der Waals surface area contributed by atoms with Gasteiger partial charge in [0.05, 0.1) is 52.4 Å². The van der Waals surface area contributed by atoms with Crippen molar-refractivity contribution < 1.29 is 43.5 Å². The Morgan fingerprint density at radius 3 is 1.93 bits per heavy atom. The molecule has 0 fully saturated rings. The fourth-order valence-electron chi connectivity index (χ4n) is 3.94. The van der Waals surface area contributed by atoms with Crippen LogP contribution in [0, 0.1) is 0 Å². The van der Waals surface area contributed by atoms with Gasteiger partial charge in [0, 0.05) is 24.8 Å². The predicted molar refractivity (Wildman–Crippen MR) is 162 cm³/mol. The number of hydrogen-bond acceptors (Lipinski definition) is 10. The molecule has 0 aromatic carbocycles. The molecule has 0 aliphatic carbocycles. The Kier molecular flexibility index (Phi) is 16.4. The third kappa shape index (κ3) is 14.6. The topological polar surface area (TPSA) is 272 Å². The van der Waals surface area contributed by atoms with Gasteiger partial charge in [-0.05, 0) is 25.7 Å². The number of aliphatic carboxylic acids is 1. The molecule has 0 aliphatic heterocycles. The van der Waals surface area contributed by atoms with Crippen molar-refractivity contribution in [3.05, 3.63) is 18.2 Å². The van der Waals surface area contributed by atoms with E-state index in [1.54, 1.807) is 0 Å². The summed E-state index contributed by atoms with van der Waals surface area (Å²) in [6.45, 7) is -0.0294. The molecule has 17 nitrogen and oxygen atoms in total. The number of carboxylic acids is 1. The van der Waals surface area contributed by atoms with Crippen LogP contribution >= 0.6 is 12.6 Å². The Bertz CT molecular complexity index is 1110. The number of thiol groups is 1. The van der Waals surface area contributed by atoms with Crippen molar-refractivity contribution in [1.29, 1.82) is 0 Å². The largest absolute Gasteiger partial charge is 0.480 e. The maximum atomic E-state index is 13.5. The molecule has 0 aliphatic rings. The van der Waals surface area contributed by atoms with Crippen molar-refractivity contribution in [3.8, 4) is 0 Å². The summed E-state index contributed by atoms with van der Waals surface area (Å²) in [4.78, 5) is 81.7. The number of aliphatic hydroxyl groups excluding tert-OH is 1. The van der Waals surface area contributed by atoms with Gasteiger partial charge in [0.25, 0.3) is 0 Å². The predicted octanol–water partition coefficient (Wildman–Crippen LogP) is -3.63. The molecule has 11 N–H and O–H groups in total. The number of aliphatic hydroxyl groups is 1. The SMILES string of the molecule is C[N+](C)(C)CCCC[C@H](NC(=O)[C@H](CO)NC(=O)[C@@H](N)CS)C(=O)N[C@@H](CCC(N)=O)C(=O)N[C@@H](Cc1c[nH]cn1)C(=O)O. The van der Waals surface area contributed by atoms with Crippen molar-refractivity contribution in [3.63, 3.8) is 0 Å². The Morgan fingerprint density at radius 1 is 0.909 bits per heavy atom. The number of nitrogens with two attached hydrogens (primary N) is 2. The van der Waals surface area contributed by atoms with Crippen molar-refractivity contribution in [2.45, 2.75) is 68.7 Å². The van der Waals surface area contributed by atoms with Crippen LogP contribution in [0.2, 0.25) is 0 Å².